The first-order valence-corrected chi connectivity index (χ1v) is 10.7. The molecule has 4 aromatic rings. The van der Waals surface area contributed by atoms with Crippen molar-refractivity contribution in [3.8, 4) is 11.1 Å². The molecule has 1 nitrogen and oxygen atoms in total. The summed E-state index contributed by atoms with van der Waals surface area (Å²) in [6, 6.07) is 24.7. The number of hydrogen-bond acceptors (Lipinski definition) is 1. The number of benzene rings is 4. The van der Waals surface area contributed by atoms with E-state index in [2.05, 4.69) is 24.3 Å². The number of ether oxygens (including phenoxy) is 1. The molecule has 0 aliphatic carbocycles. The summed E-state index contributed by atoms with van der Waals surface area (Å²) < 4.78 is 33.3. The molecule has 0 saturated heterocycles. The van der Waals surface area contributed by atoms with Gasteiger partial charge in [-0.05, 0) is 77.1 Å². The molecular weight excluding hydrogens is 390 g/mol. The molecule has 158 valence electrons. The summed E-state index contributed by atoms with van der Waals surface area (Å²) in [6.07, 6.45) is 3.27. The monoisotopic (exact) mass is 416 g/mol. The summed E-state index contributed by atoms with van der Waals surface area (Å²) in [5.74, 6) is -0.420. The van der Waals surface area contributed by atoms with Crippen LogP contribution in [-0.2, 0) is 24.0 Å². The molecular formula is C28H26F2O. The summed E-state index contributed by atoms with van der Waals surface area (Å²) >= 11 is 0. The Balaban J connectivity index is 1.50. The van der Waals surface area contributed by atoms with Crippen LogP contribution in [0.25, 0.3) is 21.9 Å². The second-order valence-electron chi connectivity index (χ2n) is 7.89. The van der Waals surface area contributed by atoms with Crippen molar-refractivity contribution < 1.29 is 13.5 Å². The Hall–Kier alpha value is -3.04. The maximum Gasteiger partial charge on any atom is 0.134 e. The number of hydrogen-bond donors (Lipinski definition) is 0. The zero-order chi connectivity index (χ0) is 21.6. The third-order valence-electron chi connectivity index (χ3n) is 5.73. The molecule has 0 unspecified atom stereocenters. The standard InChI is InChI=1S/C28H26F2O/c1-31-18-2-3-20-4-9-22(10-5-20)24-14-17-27-25(19-24)13-12-23(28(27)30)11-6-21-7-15-26(29)16-8-21/h4-5,7-10,12-17,19H,2-3,6,11,18H2,1H3. The summed E-state index contributed by atoms with van der Waals surface area (Å²) in [5.41, 5.74) is 5.18. The van der Waals surface area contributed by atoms with E-state index >= 15 is 4.39 Å². The number of rotatable bonds is 8. The minimum atomic E-state index is -0.253. The lowest BCUT2D eigenvalue weighted by Crippen LogP contribution is -1.96. The maximum atomic E-state index is 15.1. The normalized spacial score (nSPS) is 11.2. The van der Waals surface area contributed by atoms with Crippen molar-refractivity contribution in [3.05, 3.63) is 107 Å². The van der Waals surface area contributed by atoms with Crippen LogP contribution in [0, 0.1) is 11.6 Å². The maximum absolute atomic E-state index is 15.1. The average Bonchev–Trinajstić information content (AvgIpc) is 2.80. The minimum absolute atomic E-state index is 0.167. The summed E-state index contributed by atoms with van der Waals surface area (Å²) in [6.45, 7) is 0.768. The largest absolute Gasteiger partial charge is 0.385 e. The summed E-state index contributed by atoms with van der Waals surface area (Å²) in [7, 11) is 1.72. The number of fused-ring (bicyclic) bond motifs is 1. The van der Waals surface area contributed by atoms with Crippen LogP contribution in [0.1, 0.15) is 23.1 Å². The second-order valence-corrected chi connectivity index (χ2v) is 7.89. The quantitative estimate of drug-likeness (QED) is 0.277. The molecule has 0 aliphatic heterocycles. The van der Waals surface area contributed by atoms with Crippen molar-refractivity contribution in [2.24, 2.45) is 0 Å². The molecule has 31 heavy (non-hydrogen) atoms. The van der Waals surface area contributed by atoms with Crippen LogP contribution >= 0.6 is 0 Å². The molecule has 4 aromatic carbocycles. The van der Waals surface area contributed by atoms with E-state index in [1.54, 1.807) is 19.2 Å². The lowest BCUT2D eigenvalue weighted by atomic mass is 9.96. The predicted molar refractivity (Wildman–Crippen MR) is 123 cm³/mol. The highest BCUT2D eigenvalue weighted by atomic mass is 19.1. The van der Waals surface area contributed by atoms with Gasteiger partial charge in [0.1, 0.15) is 11.6 Å². The SMILES string of the molecule is COCCCc1ccc(-c2ccc3c(F)c(CCc4ccc(F)cc4)ccc3c2)cc1. The Morgan fingerprint density at radius 3 is 2.10 bits per heavy atom. The molecule has 0 saturated carbocycles. The molecule has 0 N–H and O–H groups in total. The van der Waals surface area contributed by atoms with E-state index in [0.29, 0.717) is 23.8 Å². The Morgan fingerprint density at radius 2 is 1.35 bits per heavy atom. The fourth-order valence-electron chi connectivity index (χ4n) is 3.92. The molecule has 0 amide bonds. The highest BCUT2D eigenvalue weighted by molar-refractivity contribution is 5.88. The third-order valence-corrected chi connectivity index (χ3v) is 5.73. The number of methoxy groups -OCH3 is 1. The third kappa shape index (κ3) is 5.18. The highest BCUT2D eigenvalue weighted by Crippen LogP contribution is 2.28. The predicted octanol–water partition coefficient (Wildman–Crippen LogP) is 7.15. The van der Waals surface area contributed by atoms with Gasteiger partial charge in [-0.3, -0.25) is 0 Å². The van der Waals surface area contributed by atoms with E-state index in [0.717, 1.165) is 41.5 Å². The molecule has 0 spiro atoms. The molecule has 0 atom stereocenters. The molecule has 0 heterocycles. The second kappa shape index (κ2) is 9.84. The number of halogens is 2. The lowest BCUT2D eigenvalue weighted by molar-refractivity contribution is 0.195. The fourth-order valence-corrected chi connectivity index (χ4v) is 3.92. The topological polar surface area (TPSA) is 9.23 Å². The zero-order valence-corrected chi connectivity index (χ0v) is 17.7. The van der Waals surface area contributed by atoms with E-state index in [4.69, 9.17) is 4.74 Å². The van der Waals surface area contributed by atoms with Gasteiger partial charge in [-0.15, -0.1) is 0 Å². The van der Waals surface area contributed by atoms with E-state index in [1.165, 1.54) is 17.7 Å². The van der Waals surface area contributed by atoms with Gasteiger partial charge in [-0.2, -0.15) is 0 Å². The van der Waals surface area contributed by atoms with Crippen LogP contribution in [0.5, 0.6) is 0 Å². The lowest BCUT2D eigenvalue weighted by Gasteiger charge is -2.10. The molecule has 3 heteroatoms. The van der Waals surface area contributed by atoms with Gasteiger partial charge in [0.05, 0.1) is 0 Å². The van der Waals surface area contributed by atoms with E-state index in [9.17, 15) is 4.39 Å². The average molecular weight is 417 g/mol. The minimum Gasteiger partial charge on any atom is -0.385 e. The smallest absolute Gasteiger partial charge is 0.134 e. The molecule has 0 aliphatic rings. The molecule has 0 fully saturated rings. The molecule has 0 radical (unpaired) electrons. The Bertz CT molecular complexity index is 1150. The fraction of sp³-hybridized carbons (Fsp3) is 0.214. The highest BCUT2D eigenvalue weighted by Gasteiger charge is 2.09. The van der Waals surface area contributed by atoms with Gasteiger partial charge in [-0.1, -0.05) is 60.7 Å². The van der Waals surface area contributed by atoms with Gasteiger partial charge in [0.25, 0.3) is 0 Å². The van der Waals surface area contributed by atoms with Crippen molar-refractivity contribution in [1.82, 2.24) is 0 Å². The van der Waals surface area contributed by atoms with E-state index in [1.807, 2.05) is 30.3 Å². The Labute approximate surface area is 182 Å². The molecule has 0 aromatic heterocycles. The van der Waals surface area contributed by atoms with Gasteiger partial charge >= 0.3 is 0 Å². The van der Waals surface area contributed by atoms with Crippen molar-refractivity contribution in [3.63, 3.8) is 0 Å². The van der Waals surface area contributed by atoms with Gasteiger partial charge < -0.3 is 4.74 Å². The van der Waals surface area contributed by atoms with Gasteiger partial charge in [0, 0.05) is 19.1 Å². The van der Waals surface area contributed by atoms with Gasteiger partial charge in [0.15, 0.2) is 0 Å². The van der Waals surface area contributed by atoms with Crippen LogP contribution in [-0.4, -0.2) is 13.7 Å². The number of aryl methyl sites for hydroxylation is 3. The molecule has 4 rings (SSSR count). The summed E-state index contributed by atoms with van der Waals surface area (Å²) in [5, 5.41) is 1.53. The van der Waals surface area contributed by atoms with Crippen LogP contribution in [0.3, 0.4) is 0 Å². The van der Waals surface area contributed by atoms with Crippen molar-refractivity contribution in [1.29, 1.82) is 0 Å². The summed E-state index contributed by atoms with van der Waals surface area (Å²) in [4.78, 5) is 0. The van der Waals surface area contributed by atoms with Crippen LogP contribution in [0.2, 0.25) is 0 Å². The van der Waals surface area contributed by atoms with Gasteiger partial charge in [-0.25, -0.2) is 8.78 Å². The first-order chi connectivity index (χ1) is 15.1. The molecule has 0 bridgehead atoms. The van der Waals surface area contributed by atoms with Crippen LogP contribution < -0.4 is 0 Å². The first-order valence-electron chi connectivity index (χ1n) is 10.7. The van der Waals surface area contributed by atoms with Crippen LogP contribution in [0.4, 0.5) is 8.78 Å². The van der Waals surface area contributed by atoms with Crippen molar-refractivity contribution >= 4 is 10.8 Å². The van der Waals surface area contributed by atoms with E-state index < -0.39 is 0 Å². The van der Waals surface area contributed by atoms with Crippen molar-refractivity contribution in [2.75, 3.05) is 13.7 Å². The first kappa shape index (κ1) is 21.2. The van der Waals surface area contributed by atoms with Crippen LogP contribution in [0.15, 0.2) is 78.9 Å². The van der Waals surface area contributed by atoms with E-state index in [-0.39, 0.29) is 11.6 Å². The van der Waals surface area contributed by atoms with Crippen molar-refractivity contribution in [2.45, 2.75) is 25.7 Å². The Morgan fingerprint density at radius 1 is 0.677 bits per heavy atom. The van der Waals surface area contributed by atoms with Gasteiger partial charge in [0.2, 0.25) is 0 Å². The Kier molecular flexibility index (Phi) is 6.73. The zero-order valence-electron chi connectivity index (χ0n) is 17.7.